The lowest BCUT2D eigenvalue weighted by molar-refractivity contribution is -0.142. The zero-order valence-electron chi connectivity index (χ0n) is 12.5. The summed E-state index contributed by atoms with van der Waals surface area (Å²) in [7, 11) is 1.61. The Balaban J connectivity index is 1.99. The van der Waals surface area contributed by atoms with Crippen LogP contribution in [0.5, 0.6) is 0 Å². The van der Waals surface area contributed by atoms with E-state index in [1.165, 1.54) is 4.90 Å². The number of nitrogens with one attached hydrogen (secondary N) is 1. The van der Waals surface area contributed by atoms with E-state index in [2.05, 4.69) is 21.2 Å². The van der Waals surface area contributed by atoms with Crippen molar-refractivity contribution in [3.63, 3.8) is 0 Å². The van der Waals surface area contributed by atoms with Gasteiger partial charge in [0.05, 0.1) is 0 Å². The maximum atomic E-state index is 12.1. The molecule has 0 aliphatic carbocycles. The van der Waals surface area contributed by atoms with E-state index in [4.69, 9.17) is 0 Å². The van der Waals surface area contributed by atoms with Gasteiger partial charge in [-0.1, -0.05) is 52.3 Å². The summed E-state index contributed by atoms with van der Waals surface area (Å²) in [5.74, 6) is -1.21. The highest BCUT2D eigenvalue weighted by atomic mass is 79.9. The molecular weight excluding hydrogens is 344 g/mol. The van der Waals surface area contributed by atoms with E-state index in [0.29, 0.717) is 12.2 Å². The number of hydrogen-bond donors (Lipinski definition) is 1. The molecule has 0 bridgehead atoms. The van der Waals surface area contributed by atoms with Crippen molar-refractivity contribution in [2.75, 3.05) is 12.4 Å². The van der Waals surface area contributed by atoms with Crippen molar-refractivity contribution >= 4 is 33.4 Å². The third kappa shape index (κ3) is 4.18. The zero-order chi connectivity index (χ0) is 16.1. The number of benzene rings is 2. The normalized spacial score (nSPS) is 10.1. The van der Waals surface area contributed by atoms with Gasteiger partial charge in [-0.15, -0.1) is 0 Å². The molecular formula is C17H17BrN2O2. The van der Waals surface area contributed by atoms with Crippen LogP contribution >= 0.6 is 15.9 Å². The minimum Gasteiger partial charge on any atom is -0.333 e. The second-order valence-corrected chi connectivity index (χ2v) is 5.92. The number of likely N-dealkylation sites (N-methyl/N-ethyl adjacent to an activating group) is 1. The lowest BCUT2D eigenvalue weighted by Gasteiger charge is -2.17. The molecule has 0 aliphatic rings. The molecule has 0 aromatic heterocycles. The van der Waals surface area contributed by atoms with Crippen molar-refractivity contribution in [2.45, 2.75) is 13.5 Å². The molecule has 2 amide bonds. The van der Waals surface area contributed by atoms with Crippen LogP contribution in [0, 0.1) is 6.92 Å². The number of halogens is 1. The van der Waals surface area contributed by atoms with Crippen molar-refractivity contribution in [3.05, 3.63) is 64.1 Å². The molecule has 5 heteroatoms. The summed E-state index contributed by atoms with van der Waals surface area (Å²) in [5, 5.41) is 2.62. The average Bonchev–Trinajstić information content (AvgIpc) is 2.51. The fraction of sp³-hybridized carbons (Fsp3) is 0.176. The molecule has 0 radical (unpaired) electrons. The van der Waals surface area contributed by atoms with Crippen LogP contribution in [0.25, 0.3) is 0 Å². The van der Waals surface area contributed by atoms with Crippen LogP contribution in [0.2, 0.25) is 0 Å². The molecule has 0 saturated carbocycles. The van der Waals surface area contributed by atoms with Crippen molar-refractivity contribution in [3.8, 4) is 0 Å². The molecule has 114 valence electrons. The van der Waals surface area contributed by atoms with Gasteiger partial charge in [0.2, 0.25) is 0 Å². The molecule has 0 heterocycles. The summed E-state index contributed by atoms with van der Waals surface area (Å²) < 4.78 is 0.885. The standard InChI is InChI=1S/C17H17BrN2O2/c1-12-8-9-14(10-15(12)18)19-16(21)17(22)20(2)11-13-6-4-3-5-7-13/h3-10H,11H2,1-2H3,(H,19,21). The van der Waals surface area contributed by atoms with E-state index in [1.54, 1.807) is 19.2 Å². The Bertz CT molecular complexity index is 686. The van der Waals surface area contributed by atoms with Crippen LogP contribution in [0.15, 0.2) is 53.0 Å². The van der Waals surface area contributed by atoms with Crippen molar-refractivity contribution in [2.24, 2.45) is 0 Å². The molecule has 0 aliphatic heterocycles. The van der Waals surface area contributed by atoms with E-state index in [1.807, 2.05) is 43.3 Å². The summed E-state index contributed by atoms with van der Waals surface area (Å²) >= 11 is 3.40. The molecule has 2 aromatic rings. The second-order valence-electron chi connectivity index (χ2n) is 5.06. The van der Waals surface area contributed by atoms with Crippen LogP contribution in [-0.4, -0.2) is 23.8 Å². The molecule has 0 saturated heterocycles. The number of rotatable bonds is 3. The summed E-state index contributed by atoms with van der Waals surface area (Å²) in [6.07, 6.45) is 0. The zero-order valence-corrected chi connectivity index (χ0v) is 14.1. The fourth-order valence-electron chi connectivity index (χ4n) is 1.96. The van der Waals surface area contributed by atoms with Gasteiger partial charge in [0.1, 0.15) is 0 Å². The van der Waals surface area contributed by atoms with Gasteiger partial charge >= 0.3 is 11.8 Å². The number of carbonyl (C=O) groups excluding carboxylic acids is 2. The van der Waals surface area contributed by atoms with E-state index in [-0.39, 0.29) is 0 Å². The number of carbonyl (C=O) groups is 2. The Labute approximate surface area is 138 Å². The molecule has 4 nitrogen and oxygen atoms in total. The van der Waals surface area contributed by atoms with E-state index < -0.39 is 11.8 Å². The largest absolute Gasteiger partial charge is 0.333 e. The molecule has 2 aromatic carbocycles. The van der Waals surface area contributed by atoms with Crippen LogP contribution in [0.4, 0.5) is 5.69 Å². The predicted molar refractivity (Wildman–Crippen MR) is 90.4 cm³/mol. The van der Waals surface area contributed by atoms with Gasteiger partial charge in [-0.05, 0) is 30.2 Å². The maximum Gasteiger partial charge on any atom is 0.313 e. The molecule has 0 atom stereocenters. The topological polar surface area (TPSA) is 49.4 Å². The second kappa shape index (κ2) is 7.22. The summed E-state index contributed by atoms with van der Waals surface area (Å²) in [6.45, 7) is 2.35. The predicted octanol–water partition coefficient (Wildman–Crippen LogP) is 3.35. The SMILES string of the molecule is Cc1ccc(NC(=O)C(=O)N(C)Cc2ccccc2)cc1Br. The Morgan fingerprint density at radius 3 is 2.45 bits per heavy atom. The van der Waals surface area contributed by atoms with Crippen LogP contribution < -0.4 is 5.32 Å². The molecule has 2 rings (SSSR count). The summed E-state index contributed by atoms with van der Waals surface area (Å²) in [6, 6.07) is 15.0. The quantitative estimate of drug-likeness (QED) is 0.853. The van der Waals surface area contributed by atoms with Crippen LogP contribution in [0.3, 0.4) is 0 Å². The van der Waals surface area contributed by atoms with Crippen molar-refractivity contribution in [1.82, 2.24) is 4.90 Å². The monoisotopic (exact) mass is 360 g/mol. The minimum atomic E-state index is -0.644. The highest BCUT2D eigenvalue weighted by Gasteiger charge is 2.19. The van der Waals surface area contributed by atoms with Crippen molar-refractivity contribution in [1.29, 1.82) is 0 Å². The van der Waals surface area contributed by atoms with E-state index in [9.17, 15) is 9.59 Å². The number of hydrogen-bond acceptors (Lipinski definition) is 2. The van der Waals surface area contributed by atoms with Gasteiger partial charge in [-0.25, -0.2) is 0 Å². The Morgan fingerprint density at radius 2 is 1.82 bits per heavy atom. The third-order valence-corrected chi connectivity index (χ3v) is 4.09. The average molecular weight is 361 g/mol. The molecule has 22 heavy (non-hydrogen) atoms. The van der Waals surface area contributed by atoms with Gasteiger partial charge in [-0.2, -0.15) is 0 Å². The van der Waals surface area contributed by atoms with Gasteiger partial charge in [0.15, 0.2) is 0 Å². The number of aryl methyl sites for hydroxylation is 1. The minimum absolute atomic E-state index is 0.394. The number of anilines is 1. The summed E-state index contributed by atoms with van der Waals surface area (Å²) in [4.78, 5) is 25.5. The fourth-order valence-corrected chi connectivity index (χ4v) is 2.34. The number of nitrogens with zero attached hydrogens (tertiary/aromatic N) is 1. The maximum absolute atomic E-state index is 12.1. The highest BCUT2D eigenvalue weighted by Crippen LogP contribution is 2.20. The van der Waals surface area contributed by atoms with Crippen molar-refractivity contribution < 1.29 is 9.59 Å². The molecule has 0 spiro atoms. The first-order valence-electron chi connectivity index (χ1n) is 6.84. The third-order valence-electron chi connectivity index (χ3n) is 3.23. The van der Waals surface area contributed by atoms with Gasteiger partial charge in [0.25, 0.3) is 0 Å². The Hall–Kier alpha value is -2.14. The lowest BCUT2D eigenvalue weighted by atomic mass is 10.2. The molecule has 0 unspecified atom stereocenters. The smallest absolute Gasteiger partial charge is 0.313 e. The molecule has 0 fully saturated rings. The number of amides is 2. The van der Waals surface area contributed by atoms with E-state index >= 15 is 0 Å². The Kier molecular flexibility index (Phi) is 5.33. The first-order chi connectivity index (χ1) is 10.5. The van der Waals surface area contributed by atoms with Crippen LogP contribution in [0.1, 0.15) is 11.1 Å². The first kappa shape index (κ1) is 16.2. The summed E-state index contributed by atoms with van der Waals surface area (Å²) in [5.41, 5.74) is 2.62. The lowest BCUT2D eigenvalue weighted by Crippen LogP contribution is -2.36. The Morgan fingerprint density at radius 1 is 1.14 bits per heavy atom. The van der Waals surface area contributed by atoms with E-state index in [0.717, 1.165) is 15.6 Å². The van der Waals surface area contributed by atoms with Gasteiger partial charge in [0, 0.05) is 23.8 Å². The highest BCUT2D eigenvalue weighted by molar-refractivity contribution is 9.10. The van der Waals surface area contributed by atoms with Gasteiger partial charge in [-0.3, -0.25) is 9.59 Å². The molecule has 1 N–H and O–H groups in total. The van der Waals surface area contributed by atoms with Crippen LogP contribution in [-0.2, 0) is 16.1 Å². The first-order valence-corrected chi connectivity index (χ1v) is 7.63. The van der Waals surface area contributed by atoms with Gasteiger partial charge < -0.3 is 10.2 Å².